The fourth-order valence-corrected chi connectivity index (χ4v) is 3.82. The van der Waals surface area contributed by atoms with Crippen molar-refractivity contribution in [1.82, 2.24) is 4.72 Å². The number of nitrogens with one attached hydrogen (secondary N) is 1. The van der Waals surface area contributed by atoms with E-state index in [2.05, 4.69) is 4.72 Å². The number of hydrogen-bond acceptors (Lipinski definition) is 4. The molecular weight excluding hydrogens is 309 g/mol. The second-order valence-electron chi connectivity index (χ2n) is 5.22. The number of aryl methyl sites for hydroxylation is 1. The van der Waals surface area contributed by atoms with Gasteiger partial charge in [-0.25, -0.2) is 22.3 Å². The molecule has 7 heteroatoms. The van der Waals surface area contributed by atoms with E-state index in [0.29, 0.717) is 25.0 Å². The van der Waals surface area contributed by atoms with Crippen molar-refractivity contribution in [2.45, 2.75) is 30.2 Å². The van der Waals surface area contributed by atoms with Crippen LogP contribution in [-0.2, 0) is 22.9 Å². The smallest absolute Gasteiger partial charge is 0.335 e. The van der Waals surface area contributed by atoms with Crippen LogP contribution in [0.5, 0.6) is 0 Å². The highest BCUT2D eigenvalue weighted by Crippen LogP contribution is 2.21. The number of rotatable bonds is 3. The van der Waals surface area contributed by atoms with Crippen molar-refractivity contribution in [3.8, 4) is 0 Å². The molecule has 0 fully saturated rings. The molecular formula is C15H14FNO4S. The monoisotopic (exact) mass is 323 g/mol. The topological polar surface area (TPSA) is 76.4 Å². The molecule has 0 bridgehead atoms. The molecule has 0 spiro atoms. The molecule has 1 atom stereocenters. The molecule has 0 radical (unpaired) electrons. The molecule has 0 amide bonds. The van der Waals surface area contributed by atoms with Crippen LogP contribution in [0.1, 0.15) is 17.7 Å². The molecule has 1 aromatic carbocycles. The van der Waals surface area contributed by atoms with Gasteiger partial charge in [0.1, 0.15) is 11.6 Å². The van der Waals surface area contributed by atoms with Gasteiger partial charge >= 0.3 is 5.63 Å². The van der Waals surface area contributed by atoms with Gasteiger partial charge in [-0.15, -0.1) is 0 Å². The maximum absolute atomic E-state index is 12.9. The Morgan fingerprint density at radius 1 is 1.14 bits per heavy atom. The van der Waals surface area contributed by atoms with Gasteiger partial charge in [0.2, 0.25) is 10.0 Å². The van der Waals surface area contributed by atoms with Crippen molar-refractivity contribution in [3.63, 3.8) is 0 Å². The lowest BCUT2D eigenvalue weighted by molar-refractivity contribution is 0.401. The lowest BCUT2D eigenvalue weighted by atomic mass is 9.94. The Hall–Kier alpha value is -1.99. The number of hydrogen-bond donors (Lipinski definition) is 1. The molecule has 0 saturated carbocycles. The van der Waals surface area contributed by atoms with Gasteiger partial charge in [0, 0.05) is 18.5 Å². The van der Waals surface area contributed by atoms with Gasteiger partial charge in [0.25, 0.3) is 0 Å². The van der Waals surface area contributed by atoms with E-state index in [0.717, 1.165) is 17.7 Å². The van der Waals surface area contributed by atoms with Gasteiger partial charge in [-0.1, -0.05) is 0 Å². The minimum Gasteiger partial charge on any atom is -0.428 e. The van der Waals surface area contributed by atoms with E-state index in [1.807, 2.05) is 0 Å². The molecule has 0 saturated heterocycles. The molecule has 3 rings (SSSR count). The first-order valence-corrected chi connectivity index (χ1v) is 8.32. The van der Waals surface area contributed by atoms with Crippen LogP contribution >= 0.6 is 0 Å². The second-order valence-corrected chi connectivity index (χ2v) is 6.93. The molecule has 1 unspecified atom stereocenters. The summed E-state index contributed by atoms with van der Waals surface area (Å²) in [5.41, 5.74) is 0.432. The summed E-state index contributed by atoms with van der Waals surface area (Å²) >= 11 is 0. The zero-order valence-electron chi connectivity index (χ0n) is 11.6. The van der Waals surface area contributed by atoms with Gasteiger partial charge in [-0.3, -0.25) is 0 Å². The van der Waals surface area contributed by atoms with E-state index in [4.69, 9.17) is 4.42 Å². The van der Waals surface area contributed by atoms with Gasteiger partial charge in [-0.05, 0) is 48.7 Å². The quantitative estimate of drug-likeness (QED) is 0.931. The van der Waals surface area contributed by atoms with Crippen LogP contribution in [0, 0.1) is 5.82 Å². The summed E-state index contributed by atoms with van der Waals surface area (Å²) in [6.45, 7) is 0. The Balaban J connectivity index is 1.78. The molecule has 22 heavy (non-hydrogen) atoms. The standard InChI is InChI=1S/C15H14FNO4S/c16-11-2-5-13(6-3-11)22(19,20)17-12-4-7-14-10(9-12)1-8-15(18)21-14/h1-3,5-6,8,12,17H,4,7,9H2. The van der Waals surface area contributed by atoms with E-state index in [-0.39, 0.29) is 10.9 Å². The maximum Gasteiger partial charge on any atom is 0.335 e. The lowest BCUT2D eigenvalue weighted by Gasteiger charge is -2.24. The van der Waals surface area contributed by atoms with Crippen LogP contribution in [0.3, 0.4) is 0 Å². The Kier molecular flexibility index (Phi) is 3.84. The predicted molar refractivity (Wildman–Crippen MR) is 77.5 cm³/mol. The van der Waals surface area contributed by atoms with Gasteiger partial charge in [0.15, 0.2) is 0 Å². The number of halogens is 1. The van der Waals surface area contributed by atoms with Crippen molar-refractivity contribution >= 4 is 10.0 Å². The highest BCUT2D eigenvalue weighted by molar-refractivity contribution is 7.89. The Bertz CT molecular complexity index is 843. The Morgan fingerprint density at radius 3 is 2.59 bits per heavy atom. The first kappa shape index (κ1) is 14.9. The summed E-state index contributed by atoms with van der Waals surface area (Å²) < 4.78 is 45.1. The largest absolute Gasteiger partial charge is 0.428 e. The third kappa shape index (κ3) is 3.10. The van der Waals surface area contributed by atoms with Crippen LogP contribution in [0.15, 0.2) is 50.5 Å². The number of fused-ring (bicyclic) bond motifs is 1. The van der Waals surface area contributed by atoms with E-state index in [9.17, 15) is 17.6 Å². The minimum absolute atomic E-state index is 0.0271. The predicted octanol–water partition coefficient (Wildman–Crippen LogP) is 1.61. The van der Waals surface area contributed by atoms with Crippen molar-refractivity contribution in [2.75, 3.05) is 0 Å². The molecule has 1 N–H and O–H groups in total. The zero-order valence-corrected chi connectivity index (χ0v) is 12.4. The highest BCUT2D eigenvalue weighted by Gasteiger charge is 2.25. The third-order valence-electron chi connectivity index (χ3n) is 3.63. The second kappa shape index (κ2) is 5.66. The van der Waals surface area contributed by atoms with Crippen LogP contribution in [0.4, 0.5) is 4.39 Å². The molecule has 2 aromatic rings. The molecule has 1 aliphatic rings. The molecule has 0 aliphatic heterocycles. The first-order chi connectivity index (χ1) is 10.4. The SMILES string of the molecule is O=c1ccc2c(o1)CCC(NS(=O)(=O)c1ccc(F)cc1)C2. The van der Waals surface area contributed by atoms with Crippen LogP contribution in [-0.4, -0.2) is 14.5 Å². The molecule has 116 valence electrons. The van der Waals surface area contributed by atoms with Crippen LogP contribution in [0.2, 0.25) is 0 Å². The molecule has 1 aromatic heterocycles. The van der Waals surface area contributed by atoms with Crippen molar-refractivity contribution in [3.05, 3.63) is 64.0 Å². The average molecular weight is 323 g/mol. The molecule has 5 nitrogen and oxygen atoms in total. The summed E-state index contributed by atoms with van der Waals surface area (Å²) in [6.07, 6.45) is 1.50. The fourth-order valence-electron chi connectivity index (χ4n) is 2.55. The van der Waals surface area contributed by atoms with Gasteiger partial charge in [-0.2, -0.15) is 0 Å². The van der Waals surface area contributed by atoms with E-state index >= 15 is 0 Å². The number of sulfonamides is 1. The average Bonchev–Trinajstić information content (AvgIpc) is 2.47. The molecule has 1 aliphatic carbocycles. The fraction of sp³-hybridized carbons (Fsp3) is 0.267. The summed E-state index contributed by atoms with van der Waals surface area (Å²) in [5, 5.41) is 0. The zero-order chi connectivity index (χ0) is 15.7. The summed E-state index contributed by atoms with van der Waals surface area (Å²) in [4.78, 5) is 11.2. The summed E-state index contributed by atoms with van der Waals surface area (Å²) in [5.74, 6) is 0.130. The van der Waals surface area contributed by atoms with Crippen LogP contribution < -0.4 is 10.3 Å². The van der Waals surface area contributed by atoms with Gasteiger partial charge in [0.05, 0.1) is 4.90 Å². The normalized spacial score (nSPS) is 18.0. The van der Waals surface area contributed by atoms with Crippen LogP contribution in [0.25, 0.3) is 0 Å². The van der Waals surface area contributed by atoms with Crippen molar-refractivity contribution < 1.29 is 17.2 Å². The Labute approximate surface area is 126 Å². The van der Waals surface area contributed by atoms with Crippen molar-refractivity contribution in [1.29, 1.82) is 0 Å². The number of benzene rings is 1. The summed E-state index contributed by atoms with van der Waals surface area (Å²) in [6, 6.07) is 7.39. The van der Waals surface area contributed by atoms with E-state index in [1.165, 1.54) is 18.2 Å². The van der Waals surface area contributed by atoms with Gasteiger partial charge < -0.3 is 4.42 Å². The highest BCUT2D eigenvalue weighted by atomic mass is 32.2. The third-order valence-corrected chi connectivity index (χ3v) is 5.17. The molecule has 1 heterocycles. The Morgan fingerprint density at radius 2 is 1.86 bits per heavy atom. The minimum atomic E-state index is -3.70. The van der Waals surface area contributed by atoms with E-state index < -0.39 is 21.5 Å². The summed E-state index contributed by atoms with van der Waals surface area (Å²) in [7, 11) is -3.70. The van der Waals surface area contributed by atoms with E-state index in [1.54, 1.807) is 6.07 Å². The first-order valence-electron chi connectivity index (χ1n) is 6.84. The maximum atomic E-state index is 12.9. The lowest BCUT2D eigenvalue weighted by Crippen LogP contribution is -2.39. The van der Waals surface area contributed by atoms with Crippen molar-refractivity contribution in [2.24, 2.45) is 0 Å².